The van der Waals surface area contributed by atoms with Gasteiger partial charge in [-0.15, -0.1) is 0 Å². The first-order chi connectivity index (χ1) is 13.4. The molecule has 0 bridgehead atoms. The van der Waals surface area contributed by atoms with Crippen molar-refractivity contribution < 1.29 is 18.7 Å². The third-order valence-corrected chi connectivity index (χ3v) is 10.0. The van der Waals surface area contributed by atoms with Crippen molar-refractivity contribution in [1.29, 1.82) is 0 Å². The van der Waals surface area contributed by atoms with Crippen LogP contribution in [0.1, 0.15) is 98.3 Å². The summed E-state index contributed by atoms with van der Waals surface area (Å²) in [6.45, 7) is 8.21. The Hall–Kier alpha value is -0.510. The molecule has 7 atom stereocenters. The van der Waals surface area contributed by atoms with E-state index in [9.17, 15) is 9.90 Å². The molecule has 0 aromatic heterocycles. The third kappa shape index (κ3) is 3.59. The summed E-state index contributed by atoms with van der Waals surface area (Å²) in [5, 5.41) is 10.1. The molecule has 0 aliphatic heterocycles. The second kappa shape index (κ2) is 7.00. The summed E-state index contributed by atoms with van der Waals surface area (Å²) in [6.07, 6.45) is 8.62. The van der Waals surface area contributed by atoms with Gasteiger partial charge in [0.2, 0.25) is 0 Å². The number of Topliss-reactive ketones (excluding diaryl/α,β-unsaturated/α-hetero) is 1. The topological polar surface area (TPSA) is 37.3 Å². The fourth-order valence-electron chi connectivity index (χ4n) is 8.43. The molecule has 4 heteroatoms. The maximum Gasteiger partial charge on any atom is 0.252 e. The first kappa shape index (κ1) is 21.7. The van der Waals surface area contributed by atoms with E-state index < -0.39 is 17.4 Å². The van der Waals surface area contributed by atoms with Crippen molar-refractivity contribution in [3.8, 4) is 0 Å². The molecule has 4 fully saturated rings. The minimum absolute atomic E-state index is 0.00184. The molecule has 0 aromatic rings. The smallest absolute Gasteiger partial charge is 0.252 e. The number of halogens is 2. The Labute approximate surface area is 175 Å². The highest BCUT2D eigenvalue weighted by molar-refractivity contribution is 5.79. The van der Waals surface area contributed by atoms with Gasteiger partial charge in [0.15, 0.2) is 0 Å². The van der Waals surface area contributed by atoms with Crippen LogP contribution in [0.25, 0.3) is 0 Å². The van der Waals surface area contributed by atoms with Gasteiger partial charge in [-0.1, -0.05) is 20.3 Å². The summed E-state index contributed by atoms with van der Waals surface area (Å²) in [7, 11) is 0. The summed E-state index contributed by atoms with van der Waals surface area (Å²) in [5.74, 6) is -1.95. The fraction of sp³-hybridized carbons (Fsp3) is 0.960. The van der Waals surface area contributed by atoms with Crippen LogP contribution in [0, 0.1) is 40.4 Å². The number of ketones is 1. The number of rotatable bonds is 4. The standard InChI is InChI=1S/C25H40F2O2/c1-22(2,29)11-5-6-16-7-8-19-18-15-25(26,27)21-14-17(28)9-12-24(21,4)20(18)10-13-23(16,19)3/h16,18-21,29H,5-15H2,1-4H3/t16-,18-,19-,20-,21-,23+,24+/m0/s1. The Morgan fingerprint density at radius 3 is 2.45 bits per heavy atom. The summed E-state index contributed by atoms with van der Waals surface area (Å²) in [5.41, 5.74) is -0.824. The molecule has 4 rings (SSSR count). The Morgan fingerprint density at radius 2 is 1.76 bits per heavy atom. The second-order valence-corrected chi connectivity index (χ2v) is 12.2. The fourth-order valence-corrected chi connectivity index (χ4v) is 8.43. The van der Waals surface area contributed by atoms with E-state index in [1.165, 1.54) is 0 Å². The Morgan fingerprint density at radius 1 is 1.07 bits per heavy atom. The molecule has 0 saturated heterocycles. The van der Waals surface area contributed by atoms with Crippen molar-refractivity contribution in [1.82, 2.24) is 0 Å². The lowest BCUT2D eigenvalue weighted by Gasteiger charge is -2.62. The normalized spacial score (nSPS) is 46.7. The van der Waals surface area contributed by atoms with Crippen LogP contribution in [0.3, 0.4) is 0 Å². The lowest BCUT2D eigenvalue weighted by molar-refractivity contribution is -0.223. The van der Waals surface area contributed by atoms with E-state index >= 15 is 8.78 Å². The van der Waals surface area contributed by atoms with E-state index in [4.69, 9.17) is 0 Å². The van der Waals surface area contributed by atoms with Crippen LogP contribution in [0.2, 0.25) is 0 Å². The number of carbonyl (C=O) groups is 1. The van der Waals surface area contributed by atoms with Crippen molar-refractivity contribution >= 4 is 5.78 Å². The Kier molecular flexibility index (Phi) is 5.24. The number of hydrogen-bond donors (Lipinski definition) is 1. The van der Waals surface area contributed by atoms with Crippen molar-refractivity contribution in [3.63, 3.8) is 0 Å². The van der Waals surface area contributed by atoms with Gasteiger partial charge in [-0.25, -0.2) is 8.78 Å². The minimum atomic E-state index is -2.71. The number of alkyl halides is 2. The lowest BCUT2D eigenvalue weighted by Crippen LogP contribution is -2.60. The molecule has 4 aliphatic carbocycles. The van der Waals surface area contributed by atoms with Crippen LogP contribution in [0.4, 0.5) is 8.78 Å². The van der Waals surface area contributed by atoms with Crippen LogP contribution < -0.4 is 0 Å². The molecule has 4 aliphatic rings. The van der Waals surface area contributed by atoms with Gasteiger partial charge in [-0.05, 0) is 93.3 Å². The van der Waals surface area contributed by atoms with Gasteiger partial charge in [0.05, 0.1) is 5.60 Å². The zero-order valence-electron chi connectivity index (χ0n) is 18.8. The van der Waals surface area contributed by atoms with Gasteiger partial charge < -0.3 is 5.11 Å². The second-order valence-electron chi connectivity index (χ2n) is 12.2. The molecule has 0 unspecified atom stereocenters. The quantitative estimate of drug-likeness (QED) is 0.582. The van der Waals surface area contributed by atoms with Crippen LogP contribution in [-0.2, 0) is 4.79 Å². The van der Waals surface area contributed by atoms with Gasteiger partial charge in [-0.3, -0.25) is 4.79 Å². The molecule has 0 aromatic carbocycles. The zero-order valence-corrected chi connectivity index (χ0v) is 18.8. The molecular formula is C25H40F2O2. The Bertz CT molecular complexity index is 654. The number of hydrogen-bond acceptors (Lipinski definition) is 2. The van der Waals surface area contributed by atoms with E-state index in [1.54, 1.807) is 0 Å². The van der Waals surface area contributed by atoms with Crippen LogP contribution in [-0.4, -0.2) is 22.4 Å². The highest BCUT2D eigenvalue weighted by Crippen LogP contribution is 2.70. The highest BCUT2D eigenvalue weighted by atomic mass is 19.3. The number of aliphatic hydroxyl groups is 1. The van der Waals surface area contributed by atoms with E-state index in [2.05, 4.69) is 13.8 Å². The average Bonchev–Trinajstić information content (AvgIpc) is 2.92. The first-order valence-corrected chi connectivity index (χ1v) is 12.0. The number of fused-ring (bicyclic) bond motifs is 5. The molecule has 0 heterocycles. The molecule has 29 heavy (non-hydrogen) atoms. The van der Waals surface area contributed by atoms with Gasteiger partial charge in [-0.2, -0.15) is 0 Å². The maximum atomic E-state index is 15.4. The first-order valence-electron chi connectivity index (χ1n) is 12.0. The largest absolute Gasteiger partial charge is 0.390 e. The monoisotopic (exact) mass is 410 g/mol. The Balaban J connectivity index is 1.54. The van der Waals surface area contributed by atoms with Gasteiger partial charge in [0.1, 0.15) is 5.78 Å². The van der Waals surface area contributed by atoms with Crippen molar-refractivity contribution in [3.05, 3.63) is 0 Å². The van der Waals surface area contributed by atoms with E-state index in [1.807, 2.05) is 13.8 Å². The van der Waals surface area contributed by atoms with E-state index in [0.717, 1.165) is 44.9 Å². The zero-order chi connectivity index (χ0) is 21.2. The molecule has 0 spiro atoms. The summed E-state index contributed by atoms with van der Waals surface area (Å²) >= 11 is 0. The maximum absolute atomic E-state index is 15.4. The molecule has 166 valence electrons. The van der Waals surface area contributed by atoms with Gasteiger partial charge in [0, 0.05) is 25.2 Å². The average molecular weight is 411 g/mol. The van der Waals surface area contributed by atoms with Crippen LogP contribution >= 0.6 is 0 Å². The minimum Gasteiger partial charge on any atom is -0.390 e. The molecular weight excluding hydrogens is 370 g/mol. The van der Waals surface area contributed by atoms with E-state index in [0.29, 0.717) is 30.6 Å². The number of carbonyl (C=O) groups excluding carboxylic acids is 1. The summed E-state index contributed by atoms with van der Waals surface area (Å²) in [4.78, 5) is 12.0. The SMILES string of the molecule is CC(C)(O)CCC[C@H]1CC[C@H]2[C@@H]3CC(F)(F)[C@H]4CC(=O)CC[C@]4(C)[C@H]3CC[C@]12C. The predicted molar refractivity (Wildman–Crippen MR) is 111 cm³/mol. The van der Waals surface area contributed by atoms with Crippen molar-refractivity contribution in [2.24, 2.45) is 40.4 Å². The van der Waals surface area contributed by atoms with Crippen LogP contribution in [0.15, 0.2) is 0 Å². The van der Waals surface area contributed by atoms with Gasteiger partial charge >= 0.3 is 0 Å². The molecule has 4 saturated carbocycles. The highest BCUT2D eigenvalue weighted by Gasteiger charge is 2.66. The molecule has 0 amide bonds. The van der Waals surface area contributed by atoms with Crippen molar-refractivity contribution in [2.75, 3.05) is 0 Å². The summed E-state index contributed by atoms with van der Waals surface area (Å²) in [6, 6.07) is 0. The third-order valence-electron chi connectivity index (χ3n) is 10.0. The molecule has 0 radical (unpaired) electrons. The van der Waals surface area contributed by atoms with Crippen molar-refractivity contribution in [2.45, 2.75) is 110 Å². The molecule has 2 nitrogen and oxygen atoms in total. The predicted octanol–water partition coefficient (Wildman–Crippen LogP) is 6.40. The lowest BCUT2D eigenvalue weighted by atomic mass is 9.44. The van der Waals surface area contributed by atoms with Gasteiger partial charge in [0.25, 0.3) is 5.92 Å². The van der Waals surface area contributed by atoms with Crippen LogP contribution in [0.5, 0.6) is 0 Å². The summed E-state index contributed by atoms with van der Waals surface area (Å²) < 4.78 is 30.7. The van der Waals surface area contributed by atoms with E-state index in [-0.39, 0.29) is 35.4 Å². The molecule has 1 N–H and O–H groups in total.